The minimum absolute atomic E-state index is 0.220. The standard InChI is InChI=1S/C18H21F2N/c1-12(2)7-13-5-4-6-14(8-13)18(21-3)15-9-16(19)11-17(20)10-15/h4-6,8-12,18,21H,7H2,1-3H3. The quantitative estimate of drug-likeness (QED) is 0.856. The van der Waals surface area contributed by atoms with Crippen molar-refractivity contribution in [2.75, 3.05) is 7.05 Å². The van der Waals surface area contributed by atoms with Crippen LogP contribution in [0.1, 0.15) is 36.6 Å². The van der Waals surface area contributed by atoms with E-state index in [-0.39, 0.29) is 6.04 Å². The fourth-order valence-electron chi connectivity index (χ4n) is 2.64. The molecule has 3 heteroatoms. The lowest BCUT2D eigenvalue weighted by Gasteiger charge is -2.19. The summed E-state index contributed by atoms with van der Waals surface area (Å²) in [7, 11) is 1.79. The van der Waals surface area contributed by atoms with Gasteiger partial charge in [0.2, 0.25) is 0 Å². The molecule has 2 aromatic carbocycles. The van der Waals surface area contributed by atoms with Gasteiger partial charge in [0.25, 0.3) is 0 Å². The Morgan fingerprint density at radius 1 is 0.952 bits per heavy atom. The van der Waals surface area contributed by atoms with Crippen LogP contribution in [0.2, 0.25) is 0 Å². The van der Waals surface area contributed by atoms with Crippen molar-refractivity contribution in [2.45, 2.75) is 26.3 Å². The maximum atomic E-state index is 13.4. The van der Waals surface area contributed by atoms with Gasteiger partial charge in [0.1, 0.15) is 11.6 Å². The van der Waals surface area contributed by atoms with E-state index < -0.39 is 11.6 Å². The monoisotopic (exact) mass is 289 g/mol. The van der Waals surface area contributed by atoms with Crippen molar-refractivity contribution >= 4 is 0 Å². The largest absolute Gasteiger partial charge is 0.309 e. The molecule has 0 aliphatic rings. The third kappa shape index (κ3) is 4.11. The number of hydrogen-bond acceptors (Lipinski definition) is 1. The van der Waals surface area contributed by atoms with Gasteiger partial charge in [0, 0.05) is 6.07 Å². The van der Waals surface area contributed by atoms with Gasteiger partial charge in [0.05, 0.1) is 6.04 Å². The van der Waals surface area contributed by atoms with E-state index >= 15 is 0 Å². The number of nitrogens with one attached hydrogen (secondary N) is 1. The van der Waals surface area contributed by atoms with Crippen LogP contribution in [0.4, 0.5) is 8.78 Å². The van der Waals surface area contributed by atoms with Crippen LogP contribution in [-0.4, -0.2) is 7.05 Å². The second-order valence-corrected chi connectivity index (χ2v) is 5.77. The second-order valence-electron chi connectivity index (χ2n) is 5.77. The first kappa shape index (κ1) is 15.6. The first-order valence-corrected chi connectivity index (χ1v) is 7.21. The fourth-order valence-corrected chi connectivity index (χ4v) is 2.64. The predicted octanol–water partition coefficient (Wildman–Crippen LogP) is 4.47. The number of hydrogen-bond donors (Lipinski definition) is 1. The van der Waals surface area contributed by atoms with Gasteiger partial charge in [-0.2, -0.15) is 0 Å². The van der Waals surface area contributed by atoms with Crippen LogP contribution in [0.15, 0.2) is 42.5 Å². The van der Waals surface area contributed by atoms with Gasteiger partial charge >= 0.3 is 0 Å². The maximum Gasteiger partial charge on any atom is 0.126 e. The van der Waals surface area contributed by atoms with E-state index in [2.05, 4.69) is 31.3 Å². The van der Waals surface area contributed by atoms with Crippen molar-refractivity contribution in [3.63, 3.8) is 0 Å². The predicted molar refractivity (Wildman–Crippen MR) is 82.2 cm³/mol. The zero-order valence-corrected chi connectivity index (χ0v) is 12.7. The lowest BCUT2D eigenvalue weighted by atomic mass is 9.94. The van der Waals surface area contributed by atoms with Crippen molar-refractivity contribution in [3.8, 4) is 0 Å². The molecule has 0 saturated heterocycles. The molecule has 1 atom stereocenters. The summed E-state index contributed by atoms with van der Waals surface area (Å²) in [6.45, 7) is 4.34. The summed E-state index contributed by atoms with van der Waals surface area (Å²) < 4.78 is 26.8. The zero-order chi connectivity index (χ0) is 15.4. The number of rotatable bonds is 5. The van der Waals surface area contributed by atoms with Crippen LogP contribution in [0, 0.1) is 17.6 Å². The summed E-state index contributed by atoms with van der Waals surface area (Å²) in [6.07, 6.45) is 0.988. The molecule has 0 aromatic heterocycles. The zero-order valence-electron chi connectivity index (χ0n) is 12.7. The highest BCUT2D eigenvalue weighted by Gasteiger charge is 2.14. The van der Waals surface area contributed by atoms with Crippen LogP contribution in [-0.2, 0) is 6.42 Å². The van der Waals surface area contributed by atoms with E-state index in [0.29, 0.717) is 11.5 Å². The molecular formula is C18H21F2N. The van der Waals surface area contributed by atoms with Gasteiger partial charge in [0.15, 0.2) is 0 Å². The summed E-state index contributed by atoms with van der Waals surface area (Å²) in [5.41, 5.74) is 2.84. The average molecular weight is 289 g/mol. The minimum Gasteiger partial charge on any atom is -0.309 e. The Labute approximate surface area is 125 Å². The molecule has 1 N–H and O–H groups in total. The molecule has 0 fully saturated rings. The Morgan fingerprint density at radius 3 is 2.19 bits per heavy atom. The molecular weight excluding hydrogens is 268 g/mol. The van der Waals surface area contributed by atoms with Gasteiger partial charge in [-0.1, -0.05) is 38.1 Å². The van der Waals surface area contributed by atoms with Gasteiger partial charge < -0.3 is 5.32 Å². The van der Waals surface area contributed by atoms with Gasteiger partial charge in [-0.15, -0.1) is 0 Å². The summed E-state index contributed by atoms with van der Waals surface area (Å²) in [6, 6.07) is 11.6. The molecule has 0 aliphatic carbocycles. The van der Waals surface area contributed by atoms with Gasteiger partial charge in [-0.25, -0.2) is 8.78 Å². The molecule has 2 rings (SSSR count). The topological polar surface area (TPSA) is 12.0 Å². The van der Waals surface area contributed by atoms with Crippen molar-refractivity contribution in [3.05, 3.63) is 70.8 Å². The highest BCUT2D eigenvalue weighted by Crippen LogP contribution is 2.24. The molecule has 0 radical (unpaired) electrons. The Morgan fingerprint density at radius 2 is 1.62 bits per heavy atom. The molecule has 2 aromatic rings. The maximum absolute atomic E-state index is 13.4. The Balaban J connectivity index is 2.36. The first-order valence-electron chi connectivity index (χ1n) is 7.21. The smallest absolute Gasteiger partial charge is 0.126 e. The molecule has 1 unspecified atom stereocenters. The lowest BCUT2D eigenvalue weighted by molar-refractivity contribution is 0.571. The highest BCUT2D eigenvalue weighted by molar-refractivity contribution is 5.35. The summed E-state index contributed by atoms with van der Waals surface area (Å²) in [5, 5.41) is 3.14. The Kier molecular flexibility index (Phi) is 5.07. The van der Waals surface area contributed by atoms with E-state index in [1.54, 1.807) is 7.05 Å². The van der Waals surface area contributed by atoms with Crippen molar-refractivity contribution in [1.82, 2.24) is 5.32 Å². The second kappa shape index (κ2) is 6.81. The average Bonchev–Trinajstić information content (AvgIpc) is 2.38. The third-order valence-electron chi connectivity index (χ3n) is 3.44. The van der Waals surface area contributed by atoms with E-state index in [0.717, 1.165) is 18.1 Å². The van der Waals surface area contributed by atoms with E-state index in [9.17, 15) is 8.78 Å². The molecule has 0 bridgehead atoms. The van der Waals surface area contributed by atoms with E-state index in [4.69, 9.17) is 0 Å². The molecule has 0 aliphatic heterocycles. The highest BCUT2D eigenvalue weighted by atomic mass is 19.1. The fraction of sp³-hybridized carbons (Fsp3) is 0.333. The van der Waals surface area contributed by atoms with Crippen LogP contribution in [0.3, 0.4) is 0 Å². The molecule has 0 saturated carbocycles. The molecule has 0 amide bonds. The Bertz CT molecular complexity index is 588. The van der Waals surface area contributed by atoms with Crippen molar-refractivity contribution in [1.29, 1.82) is 0 Å². The van der Waals surface area contributed by atoms with Crippen molar-refractivity contribution < 1.29 is 8.78 Å². The van der Waals surface area contributed by atoms with Crippen LogP contribution >= 0.6 is 0 Å². The number of halogens is 2. The molecule has 1 nitrogen and oxygen atoms in total. The normalized spacial score (nSPS) is 12.7. The summed E-state index contributed by atoms with van der Waals surface area (Å²) in [5.74, 6) is -0.535. The van der Waals surface area contributed by atoms with Crippen LogP contribution < -0.4 is 5.32 Å². The van der Waals surface area contributed by atoms with E-state index in [1.165, 1.54) is 17.7 Å². The van der Waals surface area contributed by atoms with Crippen LogP contribution in [0.5, 0.6) is 0 Å². The minimum atomic E-state index is -0.552. The van der Waals surface area contributed by atoms with E-state index in [1.807, 2.05) is 12.1 Å². The lowest BCUT2D eigenvalue weighted by Crippen LogP contribution is -2.18. The molecule has 0 heterocycles. The Hall–Kier alpha value is -1.74. The first-order chi connectivity index (χ1) is 9.99. The molecule has 0 spiro atoms. The SMILES string of the molecule is CNC(c1cc(F)cc(F)c1)c1cccc(CC(C)C)c1. The summed E-state index contributed by atoms with van der Waals surface area (Å²) in [4.78, 5) is 0. The number of benzene rings is 2. The van der Waals surface area contributed by atoms with Crippen molar-refractivity contribution in [2.24, 2.45) is 5.92 Å². The third-order valence-corrected chi connectivity index (χ3v) is 3.44. The molecule has 112 valence electrons. The van der Waals surface area contributed by atoms with Gasteiger partial charge in [-0.3, -0.25) is 0 Å². The summed E-state index contributed by atoms with van der Waals surface area (Å²) >= 11 is 0. The van der Waals surface area contributed by atoms with Crippen LogP contribution in [0.25, 0.3) is 0 Å². The molecule has 21 heavy (non-hydrogen) atoms. The van der Waals surface area contributed by atoms with Gasteiger partial charge in [-0.05, 0) is 48.2 Å².